The van der Waals surface area contributed by atoms with Crippen molar-refractivity contribution in [1.82, 2.24) is 5.32 Å². The van der Waals surface area contributed by atoms with E-state index < -0.39 is 11.4 Å². The fourth-order valence-corrected chi connectivity index (χ4v) is 4.08. The van der Waals surface area contributed by atoms with Gasteiger partial charge >= 0.3 is 5.97 Å². The second-order valence-corrected chi connectivity index (χ2v) is 7.66. The number of esters is 1. The Kier molecular flexibility index (Phi) is 7.50. The number of amides is 1. The molecule has 3 rings (SSSR count). The van der Waals surface area contributed by atoms with Gasteiger partial charge in [0, 0.05) is 6.54 Å². The quantitative estimate of drug-likeness (QED) is 0.617. The number of rotatable bonds is 9. The van der Waals surface area contributed by atoms with Crippen molar-refractivity contribution in [3.8, 4) is 11.5 Å². The summed E-state index contributed by atoms with van der Waals surface area (Å²) in [5, 5.41) is 2.76. The van der Waals surface area contributed by atoms with Crippen LogP contribution in [0.4, 0.5) is 4.39 Å². The van der Waals surface area contributed by atoms with Crippen molar-refractivity contribution < 1.29 is 28.2 Å². The molecule has 6 nitrogen and oxygen atoms in total. The van der Waals surface area contributed by atoms with Crippen molar-refractivity contribution in [3.05, 3.63) is 59.4 Å². The highest BCUT2D eigenvalue weighted by Crippen LogP contribution is 2.42. The molecule has 1 aliphatic carbocycles. The highest BCUT2D eigenvalue weighted by molar-refractivity contribution is 5.86. The zero-order valence-corrected chi connectivity index (χ0v) is 17.9. The van der Waals surface area contributed by atoms with Crippen LogP contribution in [0.25, 0.3) is 0 Å². The highest BCUT2D eigenvalue weighted by atomic mass is 19.1. The number of nitrogens with one attached hydrogen (secondary N) is 1. The van der Waals surface area contributed by atoms with Crippen LogP contribution in [0.15, 0.2) is 42.5 Å². The van der Waals surface area contributed by atoms with Gasteiger partial charge in [-0.1, -0.05) is 31.0 Å². The van der Waals surface area contributed by atoms with Crippen LogP contribution >= 0.6 is 0 Å². The molecule has 1 amide bonds. The summed E-state index contributed by atoms with van der Waals surface area (Å²) in [5.74, 6) is 0.0390. The average molecular weight is 429 g/mol. The van der Waals surface area contributed by atoms with E-state index in [1.807, 2.05) is 18.2 Å². The van der Waals surface area contributed by atoms with Gasteiger partial charge in [-0.25, -0.2) is 4.39 Å². The van der Waals surface area contributed by atoms with Crippen LogP contribution in [0.2, 0.25) is 0 Å². The van der Waals surface area contributed by atoms with Gasteiger partial charge in [0.25, 0.3) is 5.91 Å². The molecule has 1 saturated carbocycles. The van der Waals surface area contributed by atoms with Crippen molar-refractivity contribution in [1.29, 1.82) is 0 Å². The van der Waals surface area contributed by atoms with E-state index in [0.717, 1.165) is 18.4 Å². The van der Waals surface area contributed by atoms with Crippen LogP contribution in [-0.4, -0.2) is 39.2 Å². The van der Waals surface area contributed by atoms with Crippen LogP contribution < -0.4 is 14.8 Å². The van der Waals surface area contributed by atoms with Gasteiger partial charge in [-0.15, -0.1) is 0 Å². The van der Waals surface area contributed by atoms with Crippen molar-refractivity contribution in [3.63, 3.8) is 0 Å². The molecule has 0 unspecified atom stereocenters. The topological polar surface area (TPSA) is 73.9 Å². The first kappa shape index (κ1) is 22.6. The van der Waals surface area contributed by atoms with Gasteiger partial charge in [-0.3, -0.25) is 9.59 Å². The minimum Gasteiger partial charge on any atom is -0.493 e. The molecule has 0 spiro atoms. The molecule has 2 aromatic rings. The summed E-state index contributed by atoms with van der Waals surface area (Å²) in [6.45, 7) is 0.0305. The van der Waals surface area contributed by atoms with E-state index in [1.165, 1.54) is 12.1 Å². The number of benzene rings is 2. The number of hydrogen-bond donors (Lipinski definition) is 1. The van der Waals surface area contributed by atoms with Crippen LogP contribution in [0.3, 0.4) is 0 Å². The Bertz CT molecular complexity index is 924. The van der Waals surface area contributed by atoms with Gasteiger partial charge in [0.05, 0.1) is 19.6 Å². The first-order valence-corrected chi connectivity index (χ1v) is 10.4. The first-order chi connectivity index (χ1) is 15.0. The third kappa shape index (κ3) is 5.34. The molecule has 1 aliphatic rings. The van der Waals surface area contributed by atoms with Gasteiger partial charge in [0.1, 0.15) is 5.82 Å². The predicted molar refractivity (Wildman–Crippen MR) is 114 cm³/mol. The molecule has 31 heavy (non-hydrogen) atoms. The Morgan fingerprint density at radius 3 is 2.45 bits per heavy atom. The summed E-state index contributed by atoms with van der Waals surface area (Å²) < 4.78 is 29.5. The van der Waals surface area contributed by atoms with Gasteiger partial charge in [0.2, 0.25) is 0 Å². The molecule has 0 bridgehead atoms. The molecule has 0 heterocycles. The van der Waals surface area contributed by atoms with E-state index in [4.69, 9.17) is 14.2 Å². The summed E-state index contributed by atoms with van der Waals surface area (Å²) in [6, 6.07) is 11.6. The molecular weight excluding hydrogens is 401 g/mol. The molecule has 0 radical (unpaired) electrons. The maximum absolute atomic E-state index is 13.7. The van der Waals surface area contributed by atoms with E-state index in [-0.39, 0.29) is 18.3 Å². The second-order valence-electron chi connectivity index (χ2n) is 7.66. The van der Waals surface area contributed by atoms with Gasteiger partial charge in [-0.2, -0.15) is 0 Å². The summed E-state index contributed by atoms with van der Waals surface area (Å²) in [5.41, 5.74) is 0.719. The van der Waals surface area contributed by atoms with E-state index >= 15 is 0 Å². The fourth-order valence-electron chi connectivity index (χ4n) is 4.08. The maximum atomic E-state index is 13.7. The third-order valence-corrected chi connectivity index (χ3v) is 5.74. The Balaban J connectivity index is 1.51. The Morgan fingerprint density at radius 1 is 1.03 bits per heavy atom. The summed E-state index contributed by atoms with van der Waals surface area (Å²) in [7, 11) is 3.14. The van der Waals surface area contributed by atoms with Crippen molar-refractivity contribution in [2.75, 3.05) is 27.4 Å². The molecule has 166 valence electrons. The molecule has 7 heteroatoms. The minimum absolute atomic E-state index is 0.359. The fraction of sp³-hybridized carbons (Fsp3) is 0.417. The lowest BCUT2D eigenvalue weighted by atomic mass is 9.79. The number of methoxy groups -OCH3 is 2. The average Bonchev–Trinajstić information content (AvgIpc) is 3.28. The lowest BCUT2D eigenvalue weighted by Crippen LogP contribution is -2.38. The summed E-state index contributed by atoms with van der Waals surface area (Å²) in [6.07, 6.45) is 3.51. The Labute approximate surface area is 181 Å². The normalized spacial score (nSPS) is 14.7. The van der Waals surface area contributed by atoms with E-state index in [9.17, 15) is 14.0 Å². The van der Waals surface area contributed by atoms with Gasteiger partial charge in [0.15, 0.2) is 18.1 Å². The highest BCUT2D eigenvalue weighted by Gasteiger charge is 2.44. The van der Waals surface area contributed by atoms with E-state index in [1.54, 1.807) is 26.4 Å². The Hall–Kier alpha value is -3.09. The molecule has 0 atom stereocenters. The van der Waals surface area contributed by atoms with Crippen LogP contribution in [-0.2, 0) is 26.2 Å². The molecule has 2 aromatic carbocycles. The Morgan fingerprint density at radius 2 is 1.77 bits per heavy atom. The van der Waals surface area contributed by atoms with Crippen molar-refractivity contribution >= 4 is 11.9 Å². The standard InChI is InChI=1S/C24H28FNO5/c1-29-20-9-8-17(14-21(20)30-2)10-13-26-22(27)16-31-23(28)24(11-3-4-12-24)18-6-5-7-19(25)15-18/h5-9,14-15H,3-4,10-13,16H2,1-2H3,(H,26,27). The summed E-state index contributed by atoms with van der Waals surface area (Å²) >= 11 is 0. The number of ether oxygens (including phenoxy) is 3. The molecule has 0 saturated heterocycles. The zero-order valence-electron chi connectivity index (χ0n) is 17.9. The molecular formula is C24H28FNO5. The molecule has 1 fully saturated rings. The smallest absolute Gasteiger partial charge is 0.317 e. The number of halogens is 1. The SMILES string of the molecule is COc1ccc(CCNC(=O)COC(=O)C2(c3cccc(F)c3)CCCC2)cc1OC. The monoisotopic (exact) mass is 429 g/mol. The lowest BCUT2D eigenvalue weighted by Gasteiger charge is -2.27. The summed E-state index contributed by atoms with van der Waals surface area (Å²) in [4.78, 5) is 25.0. The molecule has 0 aromatic heterocycles. The first-order valence-electron chi connectivity index (χ1n) is 10.4. The van der Waals surface area contributed by atoms with E-state index in [0.29, 0.717) is 42.9 Å². The van der Waals surface area contributed by atoms with Gasteiger partial charge < -0.3 is 19.5 Å². The van der Waals surface area contributed by atoms with Crippen molar-refractivity contribution in [2.24, 2.45) is 0 Å². The lowest BCUT2D eigenvalue weighted by molar-refractivity contribution is -0.154. The van der Waals surface area contributed by atoms with Crippen LogP contribution in [0, 0.1) is 5.82 Å². The number of hydrogen-bond acceptors (Lipinski definition) is 5. The van der Waals surface area contributed by atoms with Gasteiger partial charge in [-0.05, 0) is 54.7 Å². The maximum Gasteiger partial charge on any atom is 0.317 e. The predicted octanol–water partition coefficient (Wildman–Crippen LogP) is 3.56. The van der Waals surface area contributed by atoms with E-state index in [2.05, 4.69) is 5.32 Å². The number of carbonyl (C=O) groups excluding carboxylic acids is 2. The van der Waals surface area contributed by atoms with Crippen LogP contribution in [0.1, 0.15) is 36.8 Å². The zero-order chi connectivity index (χ0) is 22.3. The van der Waals surface area contributed by atoms with Crippen molar-refractivity contribution in [2.45, 2.75) is 37.5 Å². The molecule has 0 aliphatic heterocycles. The van der Waals surface area contributed by atoms with Crippen LogP contribution in [0.5, 0.6) is 11.5 Å². The second kappa shape index (κ2) is 10.3. The minimum atomic E-state index is -0.873. The third-order valence-electron chi connectivity index (χ3n) is 5.74. The molecule has 1 N–H and O–H groups in total. The number of carbonyl (C=O) groups is 2. The largest absolute Gasteiger partial charge is 0.493 e.